The van der Waals surface area contributed by atoms with Crippen LogP contribution in [0.1, 0.15) is 32.4 Å². The number of benzene rings is 2. The van der Waals surface area contributed by atoms with Crippen LogP contribution in [0.2, 0.25) is 0 Å². The molecule has 0 bridgehead atoms. The molecule has 2 heterocycles. The Bertz CT molecular complexity index is 1080. The van der Waals surface area contributed by atoms with Crippen molar-refractivity contribution >= 4 is 39.2 Å². The van der Waals surface area contributed by atoms with E-state index in [0.717, 1.165) is 37.1 Å². The van der Waals surface area contributed by atoms with Gasteiger partial charge in [-0.1, -0.05) is 29.4 Å². The van der Waals surface area contributed by atoms with Crippen LogP contribution in [0.25, 0.3) is 10.2 Å². The van der Waals surface area contributed by atoms with Crippen molar-refractivity contribution in [3.63, 3.8) is 0 Å². The lowest BCUT2D eigenvalue weighted by molar-refractivity contribution is 0.0948. The second-order valence-electron chi connectivity index (χ2n) is 6.35. The fraction of sp³-hybridized carbons (Fsp3) is 0.190. The topological polar surface area (TPSA) is 68.0 Å². The normalized spacial score (nSPS) is 11.1. The fourth-order valence-corrected chi connectivity index (χ4v) is 4.99. The number of nitrogens with one attached hydrogen (secondary N) is 1. The van der Waals surface area contributed by atoms with Crippen molar-refractivity contribution in [2.45, 2.75) is 31.0 Å². The second-order valence-corrected chi connectivity index (χ2v) is 8.48. The highest BCUT2D eigenvalue weighted by Gasteiger charge is 2.15. The zero-order chi connectivity index (χ0) is 19.5. The third-order valence-electron chi connectivity index (χ3n) is 4.42. The molecular formula is C21H19N3O2S2. The van der Waals surface area contributed by atoms with E-state index in [1.54, 1.807) is 23.1 Å². The zero-order valence-corrected chi connectivity index (χ0v) is 17.2. The first kappa shape index (κ1) is 18.7. The molecule has 0 unspecified atom stereocenters. The molecule has 2 aromatic heterocycles. The Morgan fingerprint density at radius 1 is 1.14 bits per heavy atom. The first-order valence-electron chi connectivity index (χ1n) is 8.88. The van der Waals surface area contributed by atoms with Crippen LogP contribution in [-0.4, -0.2) is 16.0 Å². The summed E-state index contributed by atoms with van der Waals surface area (Å²) in [5, 5.41) is 7.89. The average Bonchev–Trinajstić information content (AvgIpc) is 3.27. The smallest absolute Gasteiger partial charge is 0.252 e. The molecule has 0 fully saturated rings. The molecule has 142 valence electrons. The molecule has 2 aromatic carbocycles. The average molecular weight is 410 g/mol. The molecular weight excluding hydrogens is 390 g/mol. The van der Waals surface area contributed by atoms with E-state index in [1.807, 2.05) is 62.4 Å². The van der Waals surface area contributed by atoms with Gasteiger partial charge in [-0.2, -0.15) is 0 Å². The van der Waals surface area contributed by atoms with E-state index in [2.05, 4.69) is 15.5 Å². The van der Waals surface area contributed by atoms with Crippen molar-refractivity contribution in [3.8, 4) is 0 Å². The SMILES string of the molecule is Cc1noc(C)c1CSc1ccccc1C(=O)NCc1nc2ccccc2s1. The van der Waals surface area contributed by atoms with Gasteiger partial charge in [-0.05, 0) is 38.1 Å². The van der Waals surface area contributed by atoms with E-state index < -0.39 is 0 Å². The van der Waals surface area contributed by atoms with Crippen LogP contribution in [0.5, 0.6) is 0 Å². The minimum atomic E-state index is -0.0962. The van der Waals surface area contributed by atoms with Gasteiger partial charge in [0.05, 0.1) is 28.0 Å². The Kier molecular flexibility index (Phi) is 5.45. The van der Waals surface area contributed by atoms with E-state index >= 15 is 0 Å². The second kappa shape index (κ2) is 8.16. The standard InChI is InChI=1S/C21H19N3O2S2/c1-13-16(14(2)26-24-13)12-27-18-9-5-3-7-15(18)21(25)22-11-20-23-17-8-4-6-10-19(17)28-20/h3-10H,11-12H2,1-2H3,(H,22,25). The number of hydrogen-bond acceptors (Lipinski definition) is 6. The Hall–Kier alpha value is -2.64. The Morgan fingerprint density at radius 2 is 1.93 bits per heavy atom. The monoisotopic (exact) mass is 409 g/mol. The molecule has 0 saturated carbocycles. The number of thiazole rings is 1. The third kappa shape index (κ3) is 3.95. The largest absolute Gasteiger partial charge is 0.361 e. The molecule has 0 aliphatic rings. The number of thioether (sulfide) groups is 1. The minimum absolute atomic E-state index is 0.0962. The summed E-state index contributed by atoms with van der Waals surface area (Å²) in [5.41, 5.74) is 3.60. The van der Waals surface area contributed by atoms with E-state index in [9.17, 15) is 4.79 Å². The van der Waals surface area contributed by atoms with Crippen LogP contribution >= 0.6 is 23.1 Å². The molecule has 7 heteroatoms. The lowest BCUT2D eigenvalue weighted by atomic mass is 10.2. The van der Waals surface area contributed by atoms with Gasteiger partial charge in [-0.15, -0.1) is 23.1 Å². The van der Waals surface area contributed by atoms with Gasteiger partial charge < -0.3 is 9.84 Å². The summed E-state index contributed by atoms with van der Waals surface area (Å²) in [6.45, 7) is 4.26. The molecule has 0 aliphatic heterocycles. The number of amides is 1. The maximum atomic E-state index is 12.8. The van der Waals surface area contributed by atoms with Crippen LogP contribution in [0.15, 0.2) is 57.9 Å². The van der Waals surface area contributed by atoms with Crippen molar-refractivity contribution < 1.29 is 9.32 Å². The molecule has 28 heavy (non-hydrogen) atoms. The van der Waals surface area contributed by atoms with Crippen molar-refractivity contribution in [1.29, 1.82) is 0 Å². The predicted octanol–water partition coefficient (Wildman–Crippen LogP) is 5.12. The van der Waals surface area contributed by atoms with Crippen LogP contribution < -0.4 is 5.32 Å². The first-order chi connectivity index (χ1) is 13.6. The highest BCUT2D eigenvalue weighted by atomic mass is 32.2. The van der Waals surface area contributed by atoms with Crippen LogP contribution in [0.4, 0.5) is 0 Å². The molecule has 0 spiro atoms. The highest BCUT2D eigenvalue weighted by molar-refractivity contribution is 7.98. The van der Waals surface area contributed by atoms with Gasteiger partial charge in [-0.3, -0.25) is 4.79 Å². The third-order valence-corrected chi connectivity index (χ3v) is 6.56. The summed E-state index contributed by atoms with van der Waals surface area (Å²) >= 11 is 3.22. The number of aromatic nitrogens is 2. The van der Waals surface area contributed by atoms with Crippen LogP contribution in [0, 0.1) is 13.8 Å². The number of hydrogen-bond donors (Lipinski definition) is 1. The maximum absolute atomic E-state index is 12.8. The number of rotatable bonds is 6. The van der Waals surface area contributed by atoms with Gasteiger partial charge in [0.15, 0.2) is 0 Å². The van der Waals surface area contributed by atoms with E-state index in [-0.39, 0.29) is 5.91 Å². The number of carbonyl (C=O) groups excluding carboxylic acids is 1. The summed E-state index contributed by atoms with van der Waals surface area (Å²) < 4.78 is 6.35. The van der Waals surface area contributed by atoms with Crippen molar-refractivity contribution in [3.05, 3.63) is 76.1 Å². The van der Waals surface area contributed by atoms with E-state index in [4.69, 9.17) is 4.52 Å². The predicted molar refractivity (Wildman–Crippen MR) is 113 cm³/mol. The number of nitrogens with zero attached hydrogens (tertiary/aromatic N) is 2. The number of carbonyl (C=O) groups is 1. The summed E-state index contributed by atoms with van der Waals surface area (Å²) in [6, 6.07) is 15.6. The van der Waals surface area contributed by atoms with E-state index in [0.29, 0.717) is 17.9 Å². The first-order valence-corrected chi connectivity index (χ1v) is 10.7. The van der Waals surface area contributed by atoms with Crippen LogP contribution in [0.3, 0.4) is 0 Å². The summed E-state index contributed by atoms with van der Waals surface area (Å²) in [4.78, 5) is 18.3. The number of para-hydroxylation sites is 1. The number of aryl methyl sites for hydroxylation is 2. The van der Waals surface area contributed by atoms with Gasteiger partial charge in [0.1, 0.15) is 10.8 Å². The van der Waals surface area contributed by atoms with Crippen molar-refractivity contribution in [2.75, 3.05) is 0 Å². The number of fused-ring (bicyclic) bond motifs is 1. The van der Waals surface area contributed by atoms with Crippen molar-refractivity contribution in [2.24, 2.45) is 0 Å². The Labute approximate surface area is 171 Å². The summed E-state index contributed by atoms with van der Waals surface area (Å²) in [7, 11) is 0. The Morgan fingerprint density at radius 3 is 2.71 bits per heavy atom. The van der Waals surface area contributed by atoms with Gasteiger partial charge in [-0.25, -0.2) is 4.98 Å². The molecule has 0 radical (unpaired) electrons. The van der Waals surface area contributed by atoms with Gasteiger partial charge >= 0.3 is 0 Å². The van der Waals surface area contributed by atoms with Crippen LogP contribution in [-0.2, 0) is 12.3 Å². The molecule has 0 aliphatic carbocycles. The molecule has 4 rings (SSSR count). The molecule has 0 atom stereocenters. The molecule has 1 N–H and O–H groups in total. The van der Waals surface area contributed by atoms with Gasteiger partial charge in [0, 0.05) is 16.2 Å². The summed E-state index contributed by atoms with van der Waals surface area (Å²) in [6.07, 6.45) is 0. The quantitative estimate of drug-likeness (QED) is 0.448. The van der Waals surface area contributed by atoms with Crippen molar-refractivity contribution in [1.82, 2.24) is 15.5 Å². The summed E-state index contributed by atoms with van der Waals surface area (Å²) in [5.74, 6) is 1.44. The van der Waals surface area contributed by atoms with E-state index in [1.165, 1.54) is 0 Å². The lowest BCUT2D eigenvalue weighted by Crippen LogP contribution is -2.23. The van der Waals surface area contributed by atoms with Gasteiger partial charge in [0.25, 0.3) is 5.91 Å². The highest BCUT2D eigenvalue weighted by Crippen LogP contribution is 2.29. The molecule has 5 nitrogen and oxygen atoms in total. The molecule has 0 saturated heterocycles. The van der Waals surface area contributed by atoms with Gasteiger partial charge in [0.2, 0.25) is 0 Å². The maximum Gasteiger partial charge on any atom is 0.252 e. The molecule has 1 amide bonds. The minimum Gasteiger partial charge on any atom is -0.361 e. The zero-order valence-electron chi connectivity index (χ0n) is 15.6. The fourth-order valence-electron chi connectivity index (χ4n) is 2.88. The lowest BCUT2D eigenvalue weighted by Gasteiger charge is -2.09. The Balaban J connectivity index is 1.45. The molecule has 4 aromatic rings.